The van der Waals surface area contributed by atoms with Crippen LogP contribution in [0.15, 0.2) is 0 Å². The van der Waals surface area contributed by atoms with Gasteiger partial charge in [0.15, 0.2) is 0 Å². The zero-order chi connectivity index (χ0) is 11.8. The van der Waals surface area contributed by atoms with Crippen LogP contribution in [-0.2, 0) is 9.59 Å². The van der Waals surface area contributed by atoms with Gasteiger partial charge < -0.3 is 10.2 Å². The van der Waals surface area contributed by atoms with Gasteiger partial charge in [-0.15, -0.1) is 0 Å². The van der Waals surface area contributed by atoms with E-state index < -0.39 is 0 Å². The number of fused-ring (bicyclic) bond motifs is 3. The quantitative estimate of drug-likeness (QED) is 0.634. The zero-order valence-corrected chi connectivity index (χ0v) is 9.95. The molecular weight excluding hydrogens is 218 g/mol. The number of amides is 2. The maximum atomic E-state index is 11.7. The Morgan fingerprint density at radius 1 is 1.18 bits per heavy atom. The highest BCUT2D eigenvalue weighted by Gasteiger charge is 2.37. The molecule has 0 radical (unpaired) electrons. The number of carbonyl (C=O) groups is 2. The van der Waals surface area contributed by atoms with E-state index in [4.69, 9.17) is 0 Å². The van der Waals surface area contributed by atoms with Crippen molar-refractivity contribution in [3.63, 3.8) is 0 Å². The fourth-order valence-corrected chi connectivity index (χ4v) is 3.26. The molecule has 0 spiro atoms. The van der Waals surface area contributed by atoms with E-state index in [-0.39, 0.29) is 17.9 Å². The summed E-state index contributed by atoms with van der Waals surface area (Å²) in [4.78, 5) is 25.2. The number of piperidine rings is 4. The molecule has 0 aromatic carbocycles. The van der Waals surface area contributed by atoms with Crippen LogP contribution in [0.5, 0.6) is 0 Å². The molecule has 0 saturated carbocycles. The van der Waals surface area contributed by atoms with Crippen LogP contribution in [-0.4, -0.2) is 48.4 Å². The number of nitrogens with one attached hydrogen (secondary N) is 2. The Bertz CT molecular complexity index is 337. The molecule has 0 aromatic heterocycles. The highest BCUT2D eigenvalue weighted by Crippen LogP contribution is 2.28. The van der Waals surface area contributed by atoms with Gasteiger partial charge in [-0.05, 0) is 38.3 Å². The highest BCUT2D eigenvalue weighted by atomic mass is 16.2. The van der Waals surface area contributed by atoms with Crippen LogP contribution in [0.1, 0.15) is 25.7 Å². The molecule has 2 unspecified atom stereocenters. The van der Waals surface area contributed by atoms with Crippen molar-refractivity contribution in [1.82, 2.24) is 15.5 Å². The van der Waals surface area contributed by atoms with Gasteiger partial charge in [0, 0.05) is 19.0 Å². The molecule has 4 heterocycles. The molecule has 0 aromatic rings. The number of imide groups is 1. The number of hydrogen-bond donors (Lipinski definition) is 2. The average Bonchev–Trinajstić information content (AvgIpc) is 2.34. The van der Waals surface area contributed by atoms with Crippen LogP contribution in [0, 0.1) is 5.92 Å². The van der Waals surface area contributed by atoms with Crippen molar-refractivity contribution in [1.29, 1.82) is 0 Å². The Kier molecular flexibility index (Phi) is 2.88. The first-order chi connectivity index (χ1) is 8.22. The molecular formula is C12H19N3O2. The van der Waals surface area contributed by atoms with E-state index in [1.54, 1.807) is 0 Å². The number of carbonyl (C=O) groups excluding carboxylic acids is 2. The monoisotopic (exact) mass is 237 g/mol. The zero-order valence-electron chi connectivity index (χ0n) is 9.95. The van der Waals surface area contributed by atoms with Crippen LogP contribution in [0.4, 0.5) is 0 Å². The van der Waals surface area contributed by atoms with Gasteiger partial charge in [-0.1, -0.05) is 0 Å². The van der Waals surface area contributed by atoms with Gasteiger partial charge in [0.1, 0.15) is 0 Å². The van der Waals surface area contributed by atoms with E-state index in [1.165, 1.54) is 25.9 Å². The summed E-state index contributed by atoms with van der Waals surface area (Å²) in [6.45, 7) is 3.47. The van der Waals surface area contributed by atoms with Crippen LogP contribution >= 0.6 is 0 Å². The van der Waals surface area contributed by atoms with Crippen molar-refractivity contribution >= 4 is 11.8 Å². The van der Waals surface area contributed by atoms with Crippen molar-refractivity contribution in [3.8, 4) is 0 Å². The largest absolute Gasteiger partial charge is 0.302 e. The topological polar surface area (TPSA) is 61.4 Å². The van der Waals surface area contributed by atoms with Gasteiger partial charge in [0.05, 0.1) is 6.04 Å². The Morgan fingerprint density at radius 3 is 2.53 bits per heavy atom. The lowest BCUT2D eigenvalue weighted by atomic mass is 9.83. The summed E-state index contributed by atoms with van der Waals surface area (Å²) in [6.07, 6.45) is 3.59. The van der Waals surface area contributed by atoms with Crippen molar-refractivity contribution in [2.75, 3.05) is 19.6 Å². The van der Waals surface area contributed by atoms with Gasteiger partial charge >= 0.3 is 0 Å². The van der Waals surface area contributed by atoms with Crippen molar-refractivity contribution in [2.24, 2.45) is 5.92 Å². The Morgan fingerprint density at radius 2 is 1.94 bits per heavy atom. The smallest absolute Gasteiger partial charge is 0.243 e. The molecule has 4 saturated heterocycles. The summed E-state index contributed by atoms with van der Waals surface area (Å²) in [6, 6.07) is 0.264. The van der Waals surface area contributed by atoms with Gasteiger partial charge in [-0.3, -0.25) is 14.9 Å². The second kappa shape index (κ2) is 4.38. The maximum absolute atomic E-state index is 11.7. The second-order valence-electron chi connectivity index (χ2n) is 5.41. The third-order valence-corrected chi connectivity index (χ3v) is 4.31. The molecule has 2 bridgehead atoms. The molecule has 5 heteroatoms. The van der Waals surface area contributed by atoms with Crippen LogP contribution in [0.3, 0.4) is 0 Å². The Hall–Kier alpha value is -0.940. The van der Waals surface area contributed by atoms with Gasteiger partial charge in [-0.2, -0.15) is 0 Å². The Balaban J connectivity index is 1.60. The summed E-state index contributed by atoms with van der Waals surface area (Å²) >= 11 is 0. The molecule has 94 valence electrons. The van der Waals surface area contributed by atoms with E-state index >= 15 is 0 Å². The minimum absolute atomic E-state index is 0.137. The molecule has 4 rings (SSSR count). The number of rotatable bonds is 2. The normalized spacial score (nSPS) is 41.4. The lowest BCUT2D eigenvalue weighted by Gasteiger charge is -2.46. The van der Waals surface area contributed by atoms with Gasteiger partial charge in [0.25, 0.3) is 0 Å². The molecule has 2 atom stereocenters. The summed E-state index contributed by atoms with van der Waals surface area (Å²) < 4.78 is 0. The predicted molar refractivity (Wildman–Crippen MR) is 62.3 cm³/mol. The fourth-order valence-electron chi connectivity index (χ4n) is 3.26. The molecule has 5 nitrogen and oxygen atoms in total. The summed E-state index contributed by atoms with van der Waals surface area (Å²) in [5.41, 5.74) is 0. The average molecular weight is 237 g/mol. The van der Waals surface area contributed by atoms with E-state index in [9.17, 15) is 9.59 Å². The predicted octanol–water partition coefficient (Wildman–Crippen LogP) is -0.525. The second-order valence-corrected chi connectivity index (χ2v) is 5.41. The van der Waals surface area contributed by atoms with Crippen LogP contribution in [0.2, 0.25) is 0 Å². The third kappa shape index (κ3) is 2.21. The lowest BCUT2D eigenvalue weighted by molar-refractivity contribution is -0.135. The fraction of sp³-hybridized carbons (Fsp3) is 0.833. The maximum Gasteiger partial charge on any atom is 0.243 e. The summed E-state index contributed by atoms with van der Waals surface area (Å²) in [7, 11) is 0. The summed E-state index contributed by atoms with van der Waals surface area (Å²) in [5, 5.41) is 5.86. The lowest BCUT2D eigenvalue weighted by Crippen LogP contribution is -2.61. The standard InChI is InChI=1S/C12H19N3O2/c16-11-2-1-9(12(17)14-11)13-10-7-15-5-3-8(10)4-6-15/h8-10,13H,1-7H2,(H,14,16,17). The van der Waals surface area contributed by atoms with Crippen LogP contribution in [0.25, 0.3) is 0 Å². The van der Waals surface area contributed by atoms with E-state index in [0.29, 0.717) is 24.8 Å². The molecule has 4 aliphatic heterocycles. The molecule has 17 heavy (non-hydrogen) atoms. The number of hydrogen-bond acceptors (Lipinski definition) is 4. The first-order valence-electron chi connectivity index (χ1n) is 6.54. The van der Waals surface area contributed by atoms with Crippen molar-refractivity contribution in [3.05, 3.63) is 0 Å². The van der Waals surface area contributed by atoms with Crippen molar-refractivity contribution < 1.29 is 9.59 Å². The highest BCUT2D eigenvalue weighted by molar-refractivity contribution is 6.00. The van der Waals surface area contributed by atoms with E-state index in [2.05, 4.69) is 15.5 Å². The molecule has 0 aliphatic carbocycles. The van der Waals surface area contributed by atoms with E-state index in [1.807, 2.05) is 0 Å². The van der Waals surface area contributed by atoms with Crippen molar-refractivity contribution in [2.45, 2.75) is 37.8 Å². The van der Waals surface area contributed by atoms with Crippen LogP contribution < -0.4 is 10.6 Å². The summed E-state index contributed by atoms with van der Waals surface area (Å²) in [5.74, 6) is 0.435. The van der Waals surface area contributed by atoms with Gasteiger partial charge in [-0.25, -0.2) is 0 Å². The first-order valence-corrected chi connectivity index (χ1v) is 6.54. The third-order valence-electron chi connectivity index (χ3n) is 4.31. The number of nitrogens with zero attached hydrogens (tertiary/aromatic N) is 1. The first kappa shape index (κ1) is 11.2. The minimum atomic E-state index is -0.168. The van der Waals surface area contributed by atoms with E-state index in [0.717, 1.165) is 6.54 Å². The molecule has 2 N–H and O–H groups in total. The molecule has 4 aliphatic rings. The molecule has 2 amide bonds. The molecule has 4 fully saturated rings. The SMILES string of the molecule is O=C1CCC(NC2CN3CCC2CC3)C(=O)N1. The van der Waals surface area contributed by atoms with Gasteiger partial charge in [0.2, 0.25) is 11.8 Å². The minimum Gasteiger partial charge on any atom is -0.302 e. The Labute approximate surface area is 101 Å².